The highest BCUT2D eigenvalue weighted by Gasteiger charge is 2.23. The summed E-state index contributed by atoms with van der Waals surface area (Å²) in [5, 5.41) is 0.541. The Bertz CT molecular complexity index is 1040. The smallest absolute Gasteiger partial charge is 0.258 e. The van der Waals surface area contributed by atoms with Gasteiger partial charge in [0.25, 0.3) is 11.5 Å². The summed E-state index contributed by atoms with van der Waals surface area (Å²) >= 11 is 0. The molecule has 1 aliphatic rings. The van der Waals surface area contributed by atoms with Crippen molar-refractivity contribution in [3.05, 3.63) is 64.3 Å². The number of carbonyl (C=O) groups excluding carboxylic acids is 1. The van der Waals surface area contributed by atoms with E-state index in [4.69, 9.17) is 0 Å². The van der Waals surface area contributed by atoms with Gasteiger partial charge in [-0.05, 0) is 37.1 Å². The molecule has 0 atom stereocenters. The first-order valence-electron chi connectivity index (χ1n) is 9.07. The molecule has 1 aliphatic heterocycles. The SMILES string of the molecule is CN(Cc1nc2ccccc2c(=O)[nH]1)C(=O)c1cccnc1N1CCCC1. The molecule has 1 aromatic carbocycles. The number of nitrogens with zero attached hydrogens (tertiary/aromatic N) is 4. The second-order valence-electron chi connectivity index (χ2n) is 6.76. The molecule has 7 heteroatoms. The number of amides is 1. The summed E-state index contributed by atoms with van der Waals surface area (Å²) in [6, 6.07) is 10.7. The van der Waals surface area contributed by atoms with Crippen molar-refractivity contribution in [3.63, 3.8) is 0 Å². The van der Waals surface area contributed by atoms with Crippen LogP contribution in [0.1, 0.15) is 29.0 Å². The van der Waals surface area contributed by atoms with Crippen LogP contribution in [0.4, 0.5) is 5.82 Å². The average molecular weight is 363 g/mol. The van der Waals surface area contributed by atoms with Crippen molar-refractivity contribution in [3.8, 4) is 0 Å². The van der Waals surface area contributed by atoms with Crippen LogP contribution in [-0.4, -0.2) is 45.9 Å². The Morgan fingerprint density at radius 3 is 2.78 bits per heavy atom. The summed E-state index contributed by atoms with van der Waals surface area (Å²) in [5.41, 5.74) is 0.997. The predicted molar refractivity (Wildman–Crippen MR) is 104 cm³/mol. The number of carbonyl (C=O) groups is 1. The van der Waals surface area contributed by atoms with E-state index in [9.17, 15) is 9.59 Å². The van der Waals surface area contributed by atoms with Crippen LogP contribution in [0.25, 0.3) is 10.9 Å². The van der Waals surface area contributed by atoms with E-state index in [1.807, 2.05) is 6.07 Å². The lowest BCUT2D eigenvalue weighted by Crippen LogP contribution is -2.31. The van der Waals surface area contributed by atoms with Crippen molar-refractivity contribution >= 4 is 22.6 Å². The molecule has 0 aliphatic carbocycles. The summed E-state index contributed by atoms with van der Waals surface area (Å²) < 4.78 is 0. The van der Waals surface area contributed by atoms with Gasteiger partial charge in [-0.25, -0.2) is 9.97 Å². The van der Waals surface area contributed by atoms with Gasteiger partial charge in [0.05, 0.1) is 23.0 Å². The van der Waals surface area contributed by atoms with Crippen molar-refractivity contribution in [2.45, 2.75) is 19.4 Å². The largest absolute Gasteiger partial charge is 0.356 e. The first-order chi connectivity index (χ1) is 13.1. The Balaban J connectivity index is 1.60. The highest BCUT2D eigenvalue weighted by molar-refractivity contribution is 5.98. The number of rotatable bonds is 4. The predicted octanol–water partition coefficient (Wildman–Crippen LogP) is 2.19. The average Bonchev–Trinajstić information content (AvgIpc) is 3.22. The quantitative estimate of drug-likeness (QED) is 0.768. The first kappa shape index (κ1) is 17.2. The second kappa shape index (κ2) is 7.19. The van der Waals surface area contributed by atoms with Crippen LogP contribution in [-0.2, 0) is 6.54 Å². The van der Waals surface area contributed by atoms with Crippen LogP contribution in [0, 0.1) is 0 Å². The highest BCUT2D eigenvalue weighted by Crippen LogP contribution is 2.23. The maximum absolute atomic E-state index is 13.0. The van der Waals surface area contributed by atoms with Crippen molar-refractivity contribution in [2.24, 2.45) is 0 Å². The molecule has 138 valence electrons. The van der Waals surface area contributed by atoms with E-state index in [0.29, 0.717) is 22.3 Å². The highest BCUT2D eigenvalue weighted by atomic mass is 16.2. The normalized spacial score (nSPS) is 13.9. The van der Waals surface area contributed by atoms with Crippen molar-refractivity contribution in [1.82, 2.24) is 19.9 Å². The zero-order valence-corrected chi connectivity index (χ0v) is 15.2. The number of hydrogen-bond acceptors (Lipinski definition) is 5. The summed E-state index contributed by atoms with van der Waals surface area (Å²) in [4.78, 5) is 40.6. The molecule has 0 bridgehead atoms. The number of anilines is 1. The number of hydrogen-bond donors (Lipinski definition) is 1. The van der Waals surface area contributed by atoms with E-state index >= 15 is 0 Å². The number of benzene rings is 1. The lowest BCUT2D eigenvalue weighted by Gasteiger charge is -2.22. The third-order valence-electron chi connectivity index (χ3n) is 4.82. The summed E-state index contributed by atoms with van der Waals surface area (Å²) in [6.07, 6.45) is 3.94. The van der Waals surface area contributed by atoms with Gasteiger partial charge in [0, 0.05) is 26.3 Å². The van der Waals surface area contributed by atoms with Gasteiger partial charge in [0.2, 0.25) is 0 Å². The van der Waals surface area contributed by atoms with Gasteiger partial charge < -0.3 is 14.8 Å². The number of aromatic amines is 1. The fourth-order valence-electron chi connectivity index (χ4n) is 3.46. The Kier molecular flexibility index (Phi) is 4.58. The molecule has 0 spiro atoms. The Morgan fingerprint density at radius 2 is 1.96 bits per heavy atom. The molecule has 2 aromatic heterocycles. The molecule has 4 rings (SSSR count). The van der Waals surface area contributed by atoms with Gasteiger partial charge >= 0.3 is 0 Å². The molecular weight excluding hydrogens is 342 g/mol. The van der Waals surface area contributed by atoms with Gasteiger partial charge in [-0.15, -0.1) is 0 Å². The van der Waals surface area contributed by atoms with Crippen LogP contribution in [0.5, 0.6) is 0 Å². The number of H-pyrrole nitrogens is 1. The zero-order chi connectivity index (χ0) is 18.8. The first-order valence-corrected chi connectivity index (χ1v) is 9.07. The van der Waals surface area contributed by atoms with Gasteiger partial charge in [-0.1, -0.05) is 12.1 Å². The minimum atomic E-state index is -0.199. The van der Waals surface area contributed by atoms with Crippen LogP contribution >= 0.6 is 0 Å². The minimum absolute atomic E-state index is 0.138. The van der Waals surface area contributed by atoms with Crippen LogP contribution in [0.3, 0.4) is 0 Å². The molecule has 1 amide bonds. The summed E-state index contributed by atoms with van der Waals surface area (Å²) in [6.45, 7) is 2.05. The summed E-state index contributed by atoms with van der Waals surface area (Å²) in [5.74, 6) is 1.05. The van der Waals surface area contributed by atoms with Crippen LogP contribution < -0.4 is 10.5 Å². The van der Waals surface area contributed by atoms with E-state index < -0.39 is 0 Å². The number of pyridine rings is 1. The van der Waals surface area contributed by atoms with Crippen molar-refractivity contribution in [1.29, 1.82) is 0 Å². The topological polar surface area (TPSA) is 82.2 Å². The molecule has 27 heavy (non-hydrogen) atoms. The Labute approximate surface area is 156 Å². The molecule has 3 heterocycles. The van der Waals surface area contributed by atoms with E-state index in [-0.39, 0.29) is 18.0 Å². The number of fused-ring (bicyclic) bond motifs is 1. The molecule has 3 aromatic rings. The monoisotopic (exact) mass is 363 g/mol. The third kappa shape index (κ3) is 3.40. The number of para-hydroxylation sites is 1. The number of nitrogens with one attached hydrogen (secondary N) is 1. The van der Waals surface area contributed by atoms with E-state index in [1.165, 1.54) is 0 Å². The molecule has 1 fully saturated rings. The molecule has 0 saturated carbocycles. The van der Waals surface area contributed by atoms with Crippen LogP contribution in [0.2, 0.25) is 0 Å². The standard InChI is InChI=1S/C20H21N5O2/c1-24(13-17-22-16-9-3-2-7-14(16)19(26)23-17)20(27)15-8-6-10-21-18(15)25-11-4-5-12-25/h2-3,6-10H,4-5,11-13H2,1H3,(H,22,23,26). The molecule has 0 radical (unpaired) electrons. The van der Waals surface area contributed by atoms with Crippen molar-refractivity contribution < 1.29 is 4.79 Å². The summed E-state index contributed by atoms with van der Waals surface area (Å²) in [7, 11) is 1.71. The van der Waals surface area contributed by atoms with Crippen LogP contribution in [0.15, 0.2) is 47.4 Å². The lowest BCUT2D eigenvalue weighted by atomic mass is 10.2. The Hall–Kier alpha value is -3.22. The van der Waals surface area contributed by atoms with Gasteiger partial charge in [-0.2, -0.15) is 0 Å². The van der Waals surface area contributed by atoms with E-state index in [2.05, 4.69) is 19.9 Å². The van der Waals surface area contributed by atoms with Gasteiger partial charge in [0.1, 0.15) is 11.6 Å². The van der Waals surface area contributed by atoms with E-state index in [0.717, 1.165) is 31.7 Å². The number of aromatic nitrogens is 3. The maximum Gasteiger partial charge on any atom is 0.258 e. The fourth-order valence-corrected chi connectivity index (χ4v) is 3.46. The molecule has 1 saturated heterocycles. The Morgan fingerprint density at radius 1 is 1.19 bits per heavy atom. The molecule has 1 N–H and O–H groups in total. The van der Waals surface area contributed by atoms with Crippen molar-refractivity contribution in [2.75, 3.05) is 25.0 Å². The zero-order valence-electron chi connectivity index (χ0n) is 15.2. The lowest BCUT2D eigenvalue weighted by molar-refractivity contribution is 0.0782. The third-order valence-corrected chi connectivity index (χ3v) is 4.82. The van der Waals surface area contributed by atoms with Gasteiger partial charge in [0.15, 0.2) is 0 Å². The molecule has 0 unspecified atom stereocenters. The maximum atomic E-state index is 13.0. The van der Waals surface area contributed by atoms with E-state index in [1.54, 1.807) is 48.5 Å². The van der Waals surface area contributed by atoms with Gasteiger partial charge in [-0.3, -0.25) is 9.59 Å². The second-order valence-corrected chi connectivity index (χ2v) is 6.76. The fraction of sp³-hybridized carbons (Fsp3) is 0.300. The molecular formula is C20H21N5O2. The minimum Gasteiger partial charge on any atom is -0.356 e. The molecule has 7 nitrogen and oxygen atoms in total.